The maximum absolute atomic E-state index is 14.2. The summed E-state index contributed by atoms with van der Waals surface area (Å²) in [6.07, 6.45) is -6.53. The number of benzene rings is 3. The number of ether oxygens (including phenoxy) is 3. The van der Waals surface area contributed by atoms with E-state index < -0.39 is 78.4 Å². The van der Waals surface area contributed by atoms with Crippen LogP contribution in [0, 0.1) is 17.5 Å². The Morgan fingerprint density at radius 3 is 1.10 bits per heavy atom. The van der Waals surface area contributed by atoms with Crippen molar-refractivity contribution in [3.8, 4) is 34.6 Å². The van der Waals surface area contributed by atoms with Gasteiger partial charge in [0.15, 0.2) is 58.1 Å². The Bertz CT molecular complexity index is 5340. The fourth-order valence-electron chi connectivity index (χ4n) is 9.43. The molecule has 0 aliphatic carbocycles. The molecule has 46 heteroatoms. The minimum absolute atomic E-state index is 0.0406. The van der Waals surface area contributed by atoms with E-state index in [9.17, 15) is 62.3 Å². The molecule has 0 unspecified atom stereocenters. The molecule has 15 N–H and O–H groups in total. The Morgan fingerprint density at radius 1 is 0.481 bits per heavy atom. The van der Waals surface area contributed by atoms with Gasteiger partial charge in [0.2, 0.25) is 9.84 Å². The lowest BCUT2D eigenvalue weighted by atomic mass is 10.1. The zero-order valence-corrected chi connectivity index (χ0v) is 59.3. The molecule has 9 aromatic heterocycles. The van der Waals surface area contributed by atoms with Crippen LogP contribution in [0.2, 0.25) is 0 Å². The third kappa shape index (κ3) is 20.3. The van der Waals surface area contributed by atoms with Gasteiger partial charge in [0.05, 0.1) is 37.9 Å². The maximum Gasteiger partial charge on any atom is 0.414 e. The van der Waals surface area contributed by atoms with E-state index in [4.69, 9.17) is 74.9 Å². The summed E-state index contributed by atoms with van der Waals surface area (Å²) in [4.78, 5) is 71.5. The monoisotopic (exact) mass is 1610 g/mol. The molecule has 2 amide bonds. The lowest BCUT2D eigenvalue weighted by Gasteiger charge is -2.24. The summed E-state index contributed by atoms with van der Waals surface area (Å²) in [5, 5.41) is 15.2. The standard InChI is InChI=1S/C21H18F4N8O2.C19H17FN8O2.C17H15FN8.C3H2Cl3F3O2S.C2H3ClO2/c1-35-20(34)32(10-21(23,24)25)16-17(26)30-19(31-18(16)27)15-13-7-4-8-28-33(13)14(29-15)9-11-5-2-3-6-12(11)22;1-30-19(29)25-15-16(21)26-18(27-17(15)22)14-12-7-4-8-23-28(12)13(24-14)9-10-5-2-3-6-11(10)20;18-10-5-2-1-4-9(10)8-12-23-14(11-6-3-7-22-26(11)12)17-24-15(20)13(19)16(21)25-17;4-3(5,6)12(10,11)1-2(7,8)9;1-5-2(3)4/h2-8H,9-10H2,1H3,(H4,26,27,30,31);2-8H,9H2,1H3,(H,25,29)(H4,21,22,26,27);1-7H,8,19H2,(H4,20,21,24,25);1H2;1H3. The van der Waals surface area contributed by atoms with Gasteiger partial charge in [-0.1, -0.05) is 89.4 Å². The normalized spacial score (nSPS) is 11.4. The minimum atomic E-state index is -4.90. The first-order chi connectivity index (χ1) is 50.8. The van der Waals surface area contributed by atoms with Crippen LogP contribution >= 0.6 is 46.4 Å². The molecule has 0 aliphatic rings. The number of hydrogen-bond acceptors (Lipinski definition) is 27. The summed E-state index contributed by atoms with van der Waals surface area (Å²) in [6, 6.07) is 29.5. The van der Waals surface area contributed by atoms with Crippen LogP contribution in [0.3, 0.4) is 0 Å². The van der Waals surface area contributed by atoms with E-state index in [1.54, 1.807) is 106 Å². The molecular formula is C62H55Cl4F9N24O8S. The van der Waals surface area contributed by atoms with Crippen LogP contribution in [0.25, 0.3) is 51.1 Å². The second-order valence-electron chi connectivity index (χ2n) is 21.5. The quantitative estimate of drug-likeness (QED) is 0.0230. The van der Waals surface area contributed by atoms with Crippen molar-refractivity contribution in [1.29, 1.82) is 0 Å². The van der Waals surface area contributed by atoms with E-state index in [1.807, 2.05) is 6.07 Å². The first-order valence-corrected chi connectivity index (χ1v) is 33.1. The molecule has 0 atom stereocenters. The molecule has 0 bridgehead atoms. The molecule has 0 saturated carbocycles. The van der Waals surface area contributed by atoms with Crippen molar-refractivity contribution >= 4 is 142 Å². The van der Waals surface area contributed by atoms with Crippen LogP contribution in [-0.4, -0.2) is 149 Å². The van der Waals surface area contributed by atoms with Crippen molar-refractivity contribution in [2.75, 3.05) is 84.0 Å². The fourth-order valence-corrected chi connectivity index (χ4v) is 10.5. The molecular weight excluding hydrogens is 1550 g/mol. The van der Waals surface area contributed by atoms with Gasteiger partial charge in [-0.2, -0.15) is 41.6 Å². The summed E-state index contributed by atoms with van der Waals surface area (Å²) >= 11 is 18.9. The third-order valence-electron chi connectivity index (χ3n) is 14.2. The molecule has 0 spiro atoms. The zero-order valence-electron chi connectivity index (χ0n) is 55.4. The number of halogens is 13. The van der Waals surface area contributed by atoms with E-state index in [-0.39, 0.29) is 93.6 Å². The lowest BCUT2D eigenvalue weighted by molar-refractivity contribution is -0.119. The van der Waals surface area contributed by atoms with E-state index in [1.165, 1.54) is 43.1 Å². The number of amides is 2. The summed E-state index contributed by atoms with van der Waals surface area (Å²) in [5.41, 5.74) is 43.9. The van der Waals surface area contributed by atoms with Crippen LogP contribution in [0.15, 0.2) is 128 Å². The number of carbonyl (C=O) groups is 3. The van der Waals surface area contributed by atoms with E-state index in [2.05, 4.69) is 91.3 Å². The molecule has 0 saturated heterocycles. The van der Waals surface area contributed by atoms with Crippen LogP contribution in [0.5, 0.6) is 0 Å². The van der Waals surface area contributed by atoms with Gasteiger partial charge in [-0.3, -0.25) is 10.2 Å². The summed E-state index contributed by atoms with van der Waals surface area (Å²) in [6.45, 7) is -1.72. The largest absolute Gasteiger partial charge is 0.457 e. The molecule has 3 aromatic carbocycles. The third-order valence-corrected chi connectivity index (χ3v) is 17.9. The summed E-state index contributed by atoms with van der Waals surface area (Å²) < 4.78 is 152. The highest BCUT2D eigenvalue weighted by Crippen LogP contribution is 2.38. The highest BCUT2D eigenvalue weighted by atomic mass is 35.6. The van der Waals surface area contributed by atoms with Crippen molar-refractivity contribution in [2.45, 2.75) is 34.7 Å². The molecule has 9 heterocycles. The second-order valence-corrected chi connectivity index (χ2v) is 26.9. The molecule has 12 rings (SSSR count). The van der Waals surface area contributed by atoms with E-state index in [0.29, 0.717) is 62.1 Å². The van der Waals surface area contributed by atoms with Crippen LogP contribution in [0.1, 0.15) is 34.2 Å². The number of nitrogen functional groups attached to an aromatic ring is 7. The van der Waals surface area contributed by atoms with Gasteiger partial charge in [0.1, 0.15) is 75.6 Å². The number of sulfone groups is 1. The van der Waals surface area contributed by atoms with Gasteiger partial charge in [-0.25, -0.2) is 94.4 Å². The number of alkyl halides is 9. The molecule has 0 aliphatic heterocycles. The van der Waals surface area contributed by atoms with Crippen molar-refractivity contribution in [3.05, 3.63) is 179 Å². The van der Waals surface area contributed by atoms with Crippen molar-refractivity contribution in [3.63, 3.8) is 0 Å². The van der Waals surface area contributed by atoms with Crippen LogP contribution in [0.4, 0.5) is 106 Å². The predicted octanol–water partition coefficient (Wildman–Crippen LogP) is 10.4. The Morgan fingerprint density at radius 2 is 0.815 bits per heavy atom. The van der Waals surface area contributed by atoms with E-state index in [0.717, 1.165) is 7.11 Å². The summed E-state index contributed by atoms with van der Waals surface area (Å²) in [7, 11) is -1.45. The minimum Gasteiger partial charge on any atom is -0.457 e. The van der Waals surface area contributed by atoms with Gasteiger partial charge in [0, 0.05) is 49.5 Å². The molecule has 0 fully saturated rings. The van der Waals surface area contributed by atoms with Gasteiger partial charge in [-0.05, 0) is 71.3 Å². The predicted molar refractivity (Wildman–Crippen MR) is 381 cm³/mol. The van der Waals surface area contributed by atoms with E-state index >= 15 is 0 Å². The number of nitrogens with two attached hydrogens (primary N) is 7. The number of carbonyl (C=O) groups excluding carboxylic acids is 3. The molecule has 32 nitrogen and oxygen atoms in total. The number of rotatable bonds is 13. The van der Waals surface area contributed by atoms with Gasteiger partial charge < -0.3 is 54.3 Å². The number of imidazole rings is 3. The Hall–Kier alpha value is -12.2. The van der Waals surface area contributed by atoms with Crippen molar-refractivity contribution in [2.24, 2.45) is 0 Å². The van der Waals surface area contributed by atoms with Gasteiger partial charge in [-0.15, -0.1) is 0 Å². The van der Waals surface area contributed by atoms with Crippen molar-refractivity contribution in [1.82, 2.24) is 73.7 Å². The van der Waals surface area contributed by atoms with Crippen molar-refractivity contribution < 1.29 is 76.5 Å². The summed E-state index contributed by atoms with van der Waals surface area (Å²) in [5.74, 6) is -2.52. The molecule has 108 heavy (non-hydrogen) atoms. The molecule has 0 radical (unpaired) electrons. The first kappa shape index (κ1) is 81.5. The number of anilines is 9. The molecule has 12 aromatic rings. The average molecular weight is 1610 g/mol. The lowest BCUT2D eigenvalue weighted by Crippen LogP contribution is -2.40. The molecule has 568 valence electrons. The second kappa shape index (κ2) is 34.4. The van der Waals surface area contributed by atoms with Gasteiger partial charge >= 0.3 is 30.0 Å². The van der Waals surface area contributed by atoms with Crippen LogP contribution < -0.4 is 50.4 Å². The maximum atomic E-state index is 14.2. The SMILES string of the molecule is COC(=O)Cl.COC(=O)N(CC(F)(F)F)c1c(N)nc(-c2nc(Cc3ccccc3F)n3ncccc23)nc1N.COC(=O)Nc1c(N)nc(-c2nc(Cc3ccccc3F)n3ncccc23)nc1N.Nc1nc(-c2nc(Cc3ccccc3F)n3ncccc23)nc(N)c1N.O=S(=O)(CC(F)(F)F)C(Cl)(Cl)Cl. The van der Waals surface area contributed by atoms with Crippen LogP contribution in [-0.2, 0) is 43.3 Å². The number of nitrogens with zero attached hydrogens (tertiary/aromatic N) is 16. The number of fused-ring (bicyclic) bond motifs is 3. The number of aromatic nitrogens is 15. The Kier molecular flexibility index (Phi) is 26.0. The fraction of sp³-hybridized carbons (Fsp3) is 0.177. The highest BCUT2D eigenvalue weighted by Gasteiger charge is 2.46. The smallest absolute Gasteiger partial charge is 0.414 e. The Balaban J connectivity index is 0.000000185. The average Bonchev–Trinajstić information content (AvgIpc) is 1.61. The number of methoxy groups -OCH3 is 3. The first-order valence-electron chi connectivity index (χ1n) is 29.9. The Labute approximate surface area is 622 Å². The number of hydrogen-bond donors (Lipinski definition) is 8. The topological polar surface area (TPSA) is 478 Å². The van der Waals surface area contributed by atoms with Gasteiger partial charge in [0.25, 0.3) is 3.12 Å². The zero-order chi connectivity index (χ0) is 79.3. The highest BCUT2D eigenvalue weighted by molar-refractivity contribution is 7.97. The number of nitrogens with one attached hydrogen (secondary N) is 1.